The number of carbonyl (C=O) groups excluding carboxylic acids is 2. The average molecular weight is 385 g/mol. The van der Waals surface area contributed by atoms with Crippen molar-refractivity contribution >= 4 is 11.9 Å². The Bertz CT molecular complexity index is 976. The van der Waals surface area contributed by atoms with Crippen LogP contribution < -0.4 is 0 Å². The van der Waals surface area contributed by atoms with Gasteiger partial charge in [-0.05, 0) is 35.1 Å². The maximum Gasteiger partial charge on any atom is 0.414 e. The van der Waals surface area contributed by atoms with Crippen molar-refractivity contribution in [3.8, 4) is 0 Å². The average Bonchev–Trinajstić information content (AvgIpc) is 3.34. The zero-order valence-electron chi connectivity index (χ0n) is 16.2. The first-order chi connectivity index (χ1) is 14.1. The van der Waals surface area contributed by atoms with E-state index in [1.54, 1.807) is 6.08 Å². The van der Waals surface area contributed by atoms with Gasteiger partial charge in [0.2, 0.25) is 0 Å². The molecule has 2 aliphatic rings. The Labute approximate surface area is 170 Å². The molecule has 4 nitrogen and oxygen atoms in total. The molecule has 0 saturated carbocycles. The third-order valence-electron chi connectivity index (χ3n) is 5.46. The molecule has 0 heterocycles. The number of ketones is 1. The van der Waals surface area contributed by atoms with Gasteiger partial charge in [-0.25, -0.2) is 4.79 Å². The molecule has 0 N–H and O–H groups in total. The van der Waals surface area contributed by atoms with Crippen molar-refractivity contribution in [2.75, 3.05) is 0 Å². The molecule has 4 rings (SSSR count). The zero-order valence-corrected chi connectivity index (χ0v) is 16.2. The number of benzene rings is 2. The van der Waals surface area contributed by atoms with Gasteiger partial charge in [0, 0.05) is 5.70 Å². The Morgan fingerprint density at radius 1 is 1.03 bits per heavy atom. The number of amides is 1. The van der Waals surface area contributed by atoms with Crippen LogP contribution in [0.4, 0.5) is 4.79 Å². The summed E-state index contributed by atoms with van der Waals surface area (Å²) in [4.78, 5) is 26.9. The molecular weight excluding hydrogens is 362 g/mol. The first kappa shape index (κ1) is 18.9. The Balaban J connectivity index is 1.54. The van der Waals surface area contributed by atoms with Gasteiger partial charge in [0.15, 0.2) is 5.78 Å². The summed E-state index contributed by atoms with van der Waals surface area (Å²) in [7, 11) is 0. The molecule has 0 radical (unpaired) electrons. The van der Waals surface area contributed by atoms with Crippen molar-refractivity contribution in [2.45, 2.75) is 19.6 Å². The third kappa shape index (κ3) is 4.06. The summed E-state index contributed by atoms with van der Waals surface area (Å²) < 4.78 is 5.58. The van der Waals surface area contributed by atoms with E-state index in [2.05, 4.69) is 6.58 Å². The van der Waals surface area contributed by atoms with E-state index in [1.807, 2.05) is 72.8 Å². The van der Waals surface area contributed by atoms with Crippen LogP contribution in [0.1, 0.15) is 17.5 Å². The highest BCUT2D eigenvalue weighted by atomic mass is 16.6. The van der Waals surface area contributed by atoms with Crippen LogP contribution in [0, 0.1) is 11.8 Å². The van der Waals surface area contributed by atoms with Crippen molar-refractivity contribution in [3.05, 3.63) is 108 Å². The molecule has 4 heteroatoms. The number of hydrogen-bond acceptors (Lipinski definition) is 3. The van der Waals surface area contributed by atoms with Crippen molar-refractivity contribution < 1.29 is 14.3 Å². The van der Waals surface area contributed by atoms with Crippen molar-refractivity contribution in [3.63, 3.8) is 0 Å². The standard InChI is InChI=1S/C25H23NO3/c1-18(22-14-12-21-13-15-23(27)24(21)22)26(16-19-8-4-2-5-9-19)25(28)29-17-20-10-6-3-7-11-20/h2-11,13-15,21,24H,1,12,16-17H2/t21-,24+/m0/s1. The molecule has 2 atom stereocenters. The number of rotatable bonds is 6. The molecule has 0 aliphatic heterocycles. The lowest BCUT2D eigenvalue weighted by Gasteiger charge is -2.27. The number of hydrogen-bond donors (Lipinski definition) is 0. The molecule has 2 aromatic rings. The summed E-state index contributed by atoms with van der Waals surface area (Å²) in [5.41, 5.74) is 3.26. The van der Waals surface area contributed by atoms with Crippen LogP contribution in [0.5, 0.6) is 0 Å². The SMILES string of the molecule is C=C(C1=CC[C@H]2C=CC(=O)[C@@H]12)N(Cc1ccccc1)C(=O)OCc1ccccc1. The zero-order chi connectivity index (χ0) is 20.2. The van der Waals surface area contributed by atoms with Gasteiger partial charge in [-0.3, -0.25) is 9.69 Å². The summed E-state index contributed by atoms with van der Waals surface area (Å²) in [6.07, 6.45) is 5.95. The topological polar surface area (TPSA) is 46.6 Å². The predicted molar refractivity (Wildman–Crippen MR) is 112 cm³/mol. The van der Waals surface area contributed by atoms with Crippen LogP contribution in [-0.4, -0.2) is 16.8 Å². The van der Waals surface area contributed by atoms with E-state index in [0.29, 0.717) is 12.2 Å². The number of allylic oxidation sites excluding steroid dienone is 4. The lowest BCUT2D eigenvalue weighted by molar-refractivity contribution is -0.117. The van der Waals surface area contributed by atoms with E-state index in [9.17, 15) is 9.59 Å². The largest absolute Gasteiger partial charge is 0.444 e. The highest BCUT2D eigenvalue weighted by molar-refractivity contribution is 5.98. The molecular formula is C25H23NO3. The summed E-state index contributed by atoms with van der Waals surface area (Å²) in [5, 5.41) is 0. The van der Waals surface area contributed by atoms with E-state index in [4.69, 9.17) is 4.74 Å². The molecule has 0 unspecified atom stereocenters. The first-order valence-corrected chi connectivity index (χ1v) is 9.77. The molecule has 146 valence electrons. The van der Waals surface area contributed by atoms with Crippen LogP contribution in [0.25, 0.3) is 0 Å². The number of fused-ring (bicyclic) bond motifs is 1. The third-order valence-corrected chi connectivity index (χ3v) is 5.46. The Hall–Kier alpha value is -3.40. The second-order valence-electron chi connectivity index (χ2n) is 7.36. The van der Waals surface area contributed by atoms with Gasteiger partial charge in [-0.1, -0.05) is 79.4 Å². The van der Waals surface area contributed by atoms with Gasteiger partial charge < -0.3 is 4.74 Å². The molecule has 2 aliphatic carbocycles. The highest BCUT2D eigenvalue weighted by Gasteiger charge is 2.39. The predicted octanol–water partition coefficient (Wildman–Crippen LogP) is 5.04. The van der Waals surface area contributed by atoms with Crippen molar-refractivity contribution in [1.29, 1.82) is 0 Å². The van der Waals surface area contributed by atoms with Gasteiger partial charge >= 0.3 is 6.09 Å². The summed E-state index contributed by atoms with van der Waals surface area (Å²) in [5.74, 6) is 0.0214. The van der Waals surface area contributed by atoms with E-state index < -0.39 is 6.09 Å². The van der Waals surface area contributed by atoms with Gasteiger partial charge in [0.05, 0.1) is 12.5 Å². The smallest absolute Gasteiger partial charge is 0.414 e. The van der Waals surface area contributed by atoms with Crippen molar-refractivity contribution in [1.82, 2.24) is 4.90 Å². The molecule has 0 bridgehead atoms. The minimum absolute atomic E-state index is 0.0808. The molecule has 0 saturated heterocycles. The first-order valence-electron chi connectivity index (χ1n) is 9.77. The summed E-state index contributed by atoms with van der Waals surface area (Å²) in [6, 6.07) is 19.3. The maximum atomic E-state index is 13.0. The fourth-order valence-electron chi connectivity index (χ4n) is 3.92. The van der Waals surface area contributed by atoms with Crippen LogP contribution in [-0.2, 0) is 22.7 Å². The van der Waals surface area contributed by atoms with Gasteiger partial charge in [0.1, 0.15) is 6.61 Å². The fraction of sp³-hybridized carbons (Fsp3) is 0.200. The minimum atomic E-state index is -0.467. The van der Waals surface area contributed by atoms with E-state index in [-0.39, 0.29) is 24.2 Å². The van der Waals surface area contributed by atoms with E-state index >= 15 is 0 Å². The second-order valence-corrected chi connectivity index (χ2v) is 7.36. The lowest BCUT2D eigenvalue weighted by atomic mass is 9.91. The lowest BCUT2D eigenvalue weighted by Crippen LogP contribution is -2.32. The van der Waals surface area contributed by atoms with Gasteiger partial charge in [0.25, 0.3) is 0 Å². The molecule has 1 amide bonds. The molecule has 0 aromatic heterocycles. The monoisotopic (exact) mass is 385 g/mol. The Morgan fingerprint density at radius 2 is 1.69 bits per heavy atom. The van der Waals surface area contributed by atoms with E-state index in [0.717, 1.165) is 23.1 Å². The molecule has 2 aromatic carbocycles. The van der Waals surface area contributed by atoms with Crippen LogP contribution in [0.2, 0.25) is 0 Å². The number of carbonyl (C=O) groups is 2. The van der Waals surface area contributed by atoms with Gasteiger partial charge in [-0.15, -0.1) is 0 Å². The summed E-state index contributed by atoms with van der Waals surface area (Å²) in [6.45, 7) is 4.70. The van der Waals surface area contributed by atoms with Crippen LogP contribution >= 0.6 is 0 Å². The normalized spacial score (nSPS) is 19.6. The highest BCUT2D eigenvalue weighted by Crippen LogP contribution is 2.41. The second kappa shape index (κ2) is 8.31. The quantitative estimate of drug-likeness (QED) is 0.700. The van der Waals surface area contributed by atoms with Crippen LogP contribution in [0.3, 0.4) is 0 Å². The number of ether oxygens (including phenoxy) is 1. The minimum Gasteiger partial charge on any atom is -0.444 e. The van der Waals surface area contributed by atoms with Gasteiger partial charge in [-0.2, -0.15) is 0 Å². The Morgan fingerprint density at radius 3 is 2.38 bits per heavy atom. The molecule has 29 heavy (non-hydrogen) atoms. The molecule has 0 fully saturated rings. The van der Waals surface area contributed by atoms with Crippen molar-refractivity contribution in [2.24, 2.45) is 11.8 Å². The number of nitrogens with zero attached hydrogens (tertiary/aromatic N) is 1. The molecule has 0 spiro atoms. The van der Waals surface area contributed by atoms with E-state index in [1.165, 1.54) is 4.90 Å². The maximum absolute atomic E-state index is 13.0. The Kier molecular flexibility index (Phi) is 5.43. The van der Waals surface area contributed by atoms with Crippen LogP contribution in [0.15, 0.2) is 96.7 Å². The fourth-order valence-corrected chi connectivity index (χ4v) is 3.92. The summed E-state index contributed by atoms with van der Waals surface area (Å²) >= 11 is 0.